The first kappa shape index (κ1) is 21.9. The van der Waals surface area contributed by atoms with Crippen LogP contribution in [0.4, 0.5) is 18.9 Å². The Hall–Kier alpha value is -1.77. The number of sulfonamides is 1. The second kappa shape index (κ2) is 8.93. The molecule has 29 heavy (non-hydrogen) atoms. The maximum Gasteiger partial charge on any atom is 0.416 e. The molecular formula is C20H22ClF3N2O2S. The van der Waals surface area contributed by atoms with E-state index >= 15 is 0 Å². The van der Waals surface area contributed by atoms with Gasteiger partial charge < -0.3 is 4.90 Å². The van der Waals surface area contributed by atoms with Crippen molar-refractivity contribution in [3.05, 3.63) is 59.1 Å². The first-order valence-electron chi connectivity index (χ1n) is 9.36. The van der Waals surface area contributed by atoms with Crippen LogP contribution in [0.2, 0.25) is 5.02 Å². The molecule has 0 saturated carbocycles. The molecule has 0 N–H and O–H groups in total. The number of halogens is 4. The Morgan fingerprint density at radius 3 is 2.24 bits per heavy atom. The molecule has 0 unspecified atom stereocenters. The van der Waals surface area contributed by atoms with Gasteiger partial charge in [-0.1, -0.05) is 36.2 Å². The largest absolute Gasteiger partial charge is 0.416 e. The van der Waals surface area contributed by atoms with Crippen LogP contribution in [0.5, 0.6) is 0 Å². The molecule has 1 aliphatic heterocycles. The topological polar surface area (TPSA) is 40.6 Å². The fourth-order valence-corrected chi connectivity index (χ4v) is 5.22. The van der Waals surface area contributed by atoms with Crippen molar-refractivity contribution in [2.45, 2.75) is 30.3 Å². The lowest BCUT2D eigenvalue weighted by Gasteiger charge is -2.31. The highest BCUT2D eigenvalue weighted by atomic mass is 35.5. The van der Waals surface area contributed by atoms with E-state index in [0.717, 1.165) is 54.9 Å². The van der Waals surface area contributed by atoms with Crippen molar-refractivity contribution in [3.63, 3.8) is 0 Å². The number of hydrogen-bond donors (Lipinski definition) is 0. The van der Waals surface area contributed by atoms with Gasteiger partial charge in [-0.2, -0.15) is 13.2 Å². The van der Waals surface area contributed by atoms with Crippen LogP contribution in [0, 0.1) is 0 Å². The van der Waals surface area contributed by atoms with Gasteiger partial charge in [0.15, 0.2) is 0 Å². The van der Waals surface area contributed by atoms with Gasteiger partial charge in [-0.3, -0.25) is 4.31 Å². The molecule has 2 aromatic carbocycles. The second-order valence-corrected chi connectivity index (χ2v) is 9.23. The maximum atomic E-state index is 13.3. The van der Waals surface area contributed by atoms with Gasteiger partial charge in [0.1, 0.15) is 0 Å². The molecule has 3 rings (SSSR count). The zero-order chi connectivity index (χ0) is 21.1. The molecule has 158 valence electrons. The highest BCUT2D eigenvalue weighted by Crippen LogP contribution is 2.36. The van der Waals surface area contributed by atoms with Crippen LogP contribution in [-0.4, -0.2) is 39.5 Å². The zero-order valence-corrected chi connectivity index (χ0v) is 17.3. The van der Waals surface area contributed by atoms with E-state index in [1.165, 1.54) is 12.1 Å². The summed E-state index contributed by atoms with van der Waals surface area (Å²) in [5.74, 6) is 0. The molecule has 1 fully saturated rings. The number of nitrogens with zero attached hydrogens (tertiary/aromatic N) is 2. The molecule has 1 heterocycles. The molecule has 0 aromatic heterocycles. The monoisotopic (exact) mass is 446 g/mol. The Bertz CT molecular complexity index is 930. The van der Waals surface area contributed by atoms with Crippen LogP contribution in [0.25, 0.3) is 0 Å². The van der Waals surface area contributed by atoms with E-state index in [2.05, 4.69) is 4.90 Å². The summed E-state index contributed by atoms with van der Waals surface area (Å²) >= 11 is 6.13. The summed E-state index contributed by atoms with van der Waals surface area (Å²) < 4.78 is 66.6. The van der Waals surface area contributed by atoms with Gasteiger partial charge >= 0.3 is 6.18 Å². The zero-order valence-electron chi connectivity index (χ0n) is 15.7. The van der Waals surface area contributed by atoms with Crippen LogP contribution in [0.3, 0.4) is 0 Å². The van der Waals surface area contributed by atoms with Crippen LogP contribution < -0.4 is 4.31 Å². The third kappa shape index (κ3) is 5.24. The molecule has 9 heteroatoms. The molecule has 2 aromatic rings. The quantitative estimate of drug-likeness (QED) is 0.624. The molecule has 0 atom stereocenters. The SMILES string of the molecule is O=S(=O)(c1ccccc1)N(CCN1CCCCC1)c1ccc(C(F)(F)F)cc1Cl. The molecule has 1 saturated heterocycles. The van der Waals surface area contributed by atoms with E-state index in [1.807, 2.05) is 0 Å². The van der Waals surface area contributed by atoms with Gasteiger partial charge in [-0.05, 0) is 56.3 Å². The Morgan fingerprint density at radius 2 is 1.66 bits per heavy atom. The molecular weight excluding hydrogens is 425 g/mol. The third-order valence-electron chi connectivity index (χ3n) is 4.94. The number of hydrogen-bond acceptors (Lipinski definition) is 3. The number of alkyl halides is 3. The van der Waals surface area contributed by atoms with Crippen molar-refractivity contribution in [2.24, 2.45) is 0 Å². The lowest BCUT2D eigenvalue weighted by atomic mass is 10.1. The lowest BCUT2D eigenvalue weighted by molar-refractivity contribution is -0.137. The van der Waals surface area contributed by atoms with Gasteiger partial charge in [-0.15, -0.1) is 0 Å². The minimum absolute atomic E-state index is 0.0422. The van der Waals surface area contributed by atoms with Crippen LogP contribution in [0.15, 0.2) is 53.4 Å². The van der Waals surface area contributed by atoms with Gasteiger partial charge in [0.25, 0.3) is 10.0 Å². The fraction of sp³-hybridized carbons (Fsp3) is 0.400. The first-order valence-corrected chi connectivity index (χ1v) is 11.2. The van der Waals surface area contributed by atoms with E-state index in [9.17, 15) is 21.6 Å². The Labute approximate surface area is 173 Å². The number of likely N-dealkylation sites (tertiary alicyclic amines) is 1. The molecule has 0 aliphatic carbocycles. The Morgan fingerprint density at radius 1 is 1.00 bits per heavy atom. The minimum Gasteiger partial charge on any atom is -0.302 e. The van der Waals surface area contributed by atoms with Crippen LogP contribution in [-0.2, 0) is 16.2 Å². The normalized spacial score (nSPS) is 16.0. The molecule has 0 amide bonds. The highest BCUT2D eigenvalue weighted by molar-refractivity contribution is 7.92. The van der Waals surface area contributed by atoms with Gasteiger partial charge in [0.05, 0.1) is 21.2 Å². The summed E-state index contributed by atoms with van der Waals surface area (Å²) in [5.41, 5.74) is -0.875. The summed E-state index contributed by atoms with van der Waals surface area (Å²) in [7, 11) is -3.98. The van der Waals surface area contributed by atoms with Crippen molar-refractivity contribution >= 4 is 27.3 Å². The first-order chi connectivity index (χ1) is 13.7. The number of anilines is 1. The minimum atomic E-state index is -4.56. The average molecular weight is 447 g/mol. The lowest BCUT2D eigenvalue weighted by Crippen LogP contribution is -2.40. The fourth-order valence-electron chi connectivity index (χ4n) is 3.39. The van der Waals surface area contributed by atoms with Gasteiger partial charge in [0.2, 0.25) is 0 Å². The predicted octanol–water partition coefficient (Wildman–Crippen LogP) is 5.04. The van der Waals surface area contributed by atoms with Gasteiger partial charge in [-0.25, -0.2) is 8.42 Å². The molecule has 0 bridgehead atoms. The predicted molar refractivity (Wildman–Crippen MR) is 108 cm³/mol. The van der Waals surface area contributed by atoms with Crippen LogP contribution >= 0.6 is 11.6 Å². The molecule has 0 spiro atoms. The second-order valence-electron chi connectivity index (χ2n) is 6.96. The van der Waals surface area contributed by atoms with Crippen molar-refractivity contribution in [1.82, 2.24) is 4.90 Å². The van der Waals surface area contributed by atoms with E-state index < -0.39 is 21.8 Å². The van der Waals surface area contributed by atoms with E-state index in [0.29, 0.717) is 6.54 Å². The Kier molecular flexibility index (Phi) is 6.76. The van der Waals surface area contributed by atoms with E-state index in [-0.39, 0.29) is 22.2 Å². The maximum absolute atomic E-state index is 13.3. The summed E-state index contributed by atoms with van der Waals surface area (Å²) in [6, 6.07) is 10.6. The van der Waals surface area contributed by atoms with E-state index in [4.69, 9.17) is 11.6 Å². The summed E-state index contributed by atoms with van der Waals surface area (Å²) in [5, 5.41) is -0.252. The third-order valence-corrected chi connectivity index (χ3v) is 7.07. The van der Waals surface area contributed by atoms with Crippen LogP contribution in [0.1, 0.15) is 24.8 Å². The average Bonchev–Trinajstić information content (AvgIpc) is 2.69. The number of piperidine rings is 1. The number of benzene rings is 2. The van der Waals surface area contributed by atoms with E-state index in [1.54, 1.807) is 18.2 Å². The summed E-state index contributed by atoms with van der Waals surface area (Å²) in [6.45, 7) is 2.33. The van der Waals surface area contributed by atoms with Crippen molar-refractivity contribution in [3.8, 4) is 0 Å². The van der Waals surface area contributed by atoms with Crippen molar-refractivity contribution in [2.75, 3.05) is 30.5 Å². The highest BCUT2D eigenvalue weighted by Gasteiger charge is 2.33. The van der Waals surface area contributed by atoms with Gasteiger partial charge in [0, 0.05) is 13.1 Å². The molecule has 1 aliphatic rings. The standard InChI is InChI=1S/C20H22ClF3N2O2S/c21-18-15-16(20(22,23)24)9-10-19(18)26(14-13-25-11-5-2-6-12-25)29(27,28)17-7-3-1-4-8-17/h1,3-4,7-10,15H,2,5-6,11-14H2. The summed E-state index contributed by atoms with van der Waals surface area (Å²) in [6.07, 6.45) is -1.31. The molecule has 4 nitrogen and oxygen atoms in total. The van der Waals surface area contributed by atoms with Crippen molar-refractivity contribution in [1.29, 1.82) is 0 Å². The van der Waals surface area contributed by atoms with Crippen molar-refractivity contribution < 1.29 is 21.6 Å². The number of rotatable bonds is 6. The Balaban J connectivity index is 1.96. The smallest absolute Gasteiger partial charge is 0.302 e. The summed E-state index contributed by atoms with van der Waals surface area (Å²) in [4.78, 5) is 2.23. The molecule has 0 radical (unpaired) electrons.